The molecule has 0 bridgehead atoms. The minimum Gasteiger partial charge on any atom is -0.384 e. The lowest BCUT2D eigenvalue weighted by atomic mass is 10.1. The number of H-pyrrole nitrogens is 1. The number of anilines is 1. The van der Waals surface area contributed by atoms with Crippen molar-refractivity contribution in [3.63, 3.8) is 0 Å². The molecule has 2 saturated carbocycles. The van der Waals surface area contributed by atoms with Crippen molar-refractivity contribution in [1.82, 2.24) is 24.5 Å². The molecule has 2 atom stereocenters. The van der Waals surface area contributed by atoms with Gasteiger partial charge >= 0.3 is 0 Å². The van der Waals surface area contributed by atoms with Crippen LogP contribution in [0.1, 0.15) is 56.6 Å². The molecule has 2 fully saturated rings. The van der Waals surface area contributed by atoms with Gasteiger partial charge in [-0.3, -0.25) is 4.57 Å². The maximum Gasteiger partial charge on any atom is 0.214 e. The van der Waals surface area contributed by atoms with Crippen LogP contribution < -0.4 is 10.5 Å². The minimum absolute atomic E-state index is 0.0191. The van der Waals surface area contributed by atoms with E-state index in [-0.39, 0.29) is 17.2 Å². The van der Waals surface area contributed by atoms with E-state index in [0.717, 1.165) is 55.9 Å². The fraction of sp³-hybridized carbons (Fsp3) is 0.625. The van der Waals surface area contributed by atoms with E-state index in [2.05, 4.69) is 19.9 Å². The Morgan fingerprint density at radius 2 is 2.12 bits per heavy atom. The van der Waals surface area contributed by atoms with E-state index in [9.17, 15) is 8.42 Å². The highest BCUT2D eigenvalue weighted by atomic mass is 32.2. The van der Waals surface area contributed by atoms with Gasteiger partial charge in [0, 0.05) is 24.6 Å². The molecule has 2 aromatic rings. The first-order chi connectivity index (χ1) is 12.0. The lowest BCUT2D eigenvalue weighted by molar-refractivity contribution is 0.545. The van der Waals surface area contributed by atoms with Gasteiger partial charge in [0.25, 0.3) is 0 Å². The first-order valence-electron chi connectivity index (χ1n) is 8.88. The van der Waals surface area contributed by atoms with Gasteiger partial charge in [0.15, 0.2) is 0 Å². The average molecular weight is 364 g/mol. The number of aromatic amines is 1. The van der Waals surface area contributed by atoms with Gasteiger partial charge < -0.3 is 10.7 Å². The van der Waals surface area contributed by atoms with Crippen LogP contribution in [0.2, 0.25) is 0 Å². The van der Waals surface area contributed by atoms with Crippen LogP contribution in [0.3, 0.4) is 0 Å². The summed E-state index contributed by atoms with van der Waals surface area (Å²) in [6.07, 6.45) is 6.59. The molecule has 9 heteroatoms. The van der Waals surface area contributed by atoms with Crippen molar-refractivity contribution in [3.8, 4) is 5.69 Å². The van der Waals surface area contributed by atoms with Crippen molar-refractivity contribution in [2.75, 3.05) is 5.73 Å². The second-order valence-electron chi connectivity index (χ2n) is 7.01. The van der Waals surface area contributed by atoms with E-state index >= 15 is 0 Å². The molecule has 2 heterocycles. The van der Waals surface area contributed by atoms with Crippen LogP contribution in [0.5, 0.6) is 0 Å². The number of aryl methyl sites for hydroxylation is 1. The zero-order valence-electron chi connectivity index (χ0n) is 14.3. The Morgan fingerprint density at radius 1 is 1.32 bits per heavy atom. The number of nitrogen functional groups attached to an aromatic ring is 1. The number of hydrogen-bond donors (Lipinski definition) is 3. The highest BCUT2D eigenvalue weighted by molar-refractivity contribution is 7.90. The minimum atomic E-state index is -3.15. The molecule has 0 aliphatic heterocycles. The van der Waals surface area contributed by atoms with Crippen molar-refractivity contribution < 1.29 is 8.42 Å². The van der Waals surface area contributed by atoms with Crippen molar-refractivity contribution in [1.29, 1.82) is 0 Å². The van der Waals surface area contributed by atoms with Gasteiger partial charge in [0.1, 0.15) is 17.5 Å². The summed E-state index contributed by atoms with van der Waals surface area (Å²) in [5, 5.41) is 8.55. The highest BCUT2D eigenvalue weighted by Crippen LogP contribution is 2.37. The molecule has 0 radical (unpaired) electrons. The third-order valence-electron chi connectivity index (χ3n) is 5.16. The lowest BCUT2D eigenvalue weighted by Crippen LogP contribution is -2.35. The second-order valence-corrected chi connectivity index (χ2v) is 9.00. The molecule has 0 aromatic carbocycles. The molecule has 25 heavy (non-hydrogen) atoms. The zero-order chi connectivity index (χ0) is 17.6. The van der Waals surface area contributed by atoms with Crippen molar-refractivity contribution in [3.05, 3.63) is 23.9 Å². The highest BCUT2D eigenvalue weighted by Gasteiger charge is 2.39. The van der Waals surface area contributed by atoms with Crippen molar-refractivity contribution in [2.45, 2.75) is 62.7 Å². The monoisotopic (exact) mass is 364 g/mol. The first-order valence-corrected chi connectivity index (χ1v) is 10.4. The molecule has 8 nitrogen and oxygen atoms in total. The molecule has 0 spiro atoms. The van der Waals surface area contributed by atoms with Crippen LogP contribution in [0.25, 0.3) is 5.69 Å². The molecular formula is C16H24N6O2S. The summed E-state index contributed by atoms with van der Waals surface area (Å²) in [4.78, 5) is 2.99. The third kappa shape index (κ3) is 3.06. The molecule has 2 aliphatic carbocycles. The van der Waals surface area contributed by atoms with E-state index in [1.165, 1.54) is 0 Å². The standard InChI is InChI=1S/C16H24N6O2S/c1-2-14-19-20-16(22(14)13-7-8-18-15(13)17)10-3-4-11(9-10)21-25(23,24)12-5-6-12/h7-8,10-12,18,21H,2-6,9,17H2,1H3/t10?,11-/m0/s1. The van der Waals surface area contributed by atoms with Crippen LogP contribution in [0.4, 0.5) is 5.82 Å². The van der Waals surface area contributed by atoms with Crippen LogP contribution in [-0.4, -0.2) is 39.5 Å². The summed E-state index contributed by atoms with van der Waals surface area (Å²) < 4.78 is 29.3. The number of aromatic nitrogens is 4. The number of nitrogens with zero attached hydrogens (tertiary/aromatic N) is 3. The summed E-state index contributed by atoms with van der Waals surface area (Å²) in [6, 6.07) is 1.90. The van der Waals surface area contributed by atoms with E-state index in [1.54, 1.807) is 6.20 Å². The smallest absolute Gasteiger partial charge is 0.214 e. The van der Waals surface area contributed by atoms with Gasteiger partial charge in [0.2, 0.25) is 10.0 Å². The lowest BCUT2D eigenvalue weighted by Gasteiger charge is -2.15. The fourth-order valence-electron chi connectivity index (χ4n) is 3.69. The van der Waals surface area contributed by atoms with Crippen LogP contribution in [-0.2, 0) is 16.4 Å². The predicted octanol–water partition coefficient (Wildman–Crippen LogP) is 1.46. The van der Waals surface area contributed by atoms with Crippen LogP contribution in [0.15, 0.2) is 12.3 Å². The summed E-state index contributed by atoms with van der Waals surface area (Å²) in [7, 11) is -3.15. The first kappa shape index (κ1) is 16.6. The Hall–Kier alpha value is -1.87. The fourth-order valence-corrected chi connectivity index (χ4v) is 5.31. The summed E-state index contributed by atoms with van der Waals surface area (Å²) in [6.45, 7) is 2.04. The summed E-state index contributed by atoms with van der Waals surface area (Å²) in [5.74, 6) is 2.49. The van der Waals surface area contributed by atoms with Gasteiger partial charge in [-0.1, -0.05) is 6.92 Å². The number of hydrogen-bond acceptors (Lipinski definition) is 5. The van der Waals surface area contributed by atoms with Gasteiger partial charge in [-0.25, -0.2) is 13.1 Å². The molecule has 0 saturated heterocycles. The molecule has 4 N–H and O–H groups in total. The number of nitrogens with one attached hydrogen (secondary N) is 2. The quantitative estimate of drug-likeness (QED) is 0.717. The second kappa shape index (κ2) is 6.14. The normalized spacial score (nSPS) is 24.0. The molecule has 1 unspecified atom stereocenters. The maximum absolute atomic E-state index is 12.2. The van der Waals surface area contributed by atoms with Gasteiger partial charge in [-0.15, -0.1) is 10.2 Å². The maximum atomic E-state index is 12.2. The zero-order valence-corrected chi connectivity index (χ0v) is 15.1. The van der Waals surface area contributed by atoms with E-state index in [4.69, 9.17) is 5.73 Å². The number of sulfonamides is 1. The Balaban J connectivity index is 1.57. The Bertz CT molecular complexity index is 867. The van der Waals surface area contributed by atoms with E-state index < -0.39 is 10.0 Å². The van der Waals surface area contributed by atoms with Gasteiger partial charge in [0.05, 0.1) is 10.9 Å². The summed E-state index contributed by atoms with van der Waals surface area (Å²) in [5.41, 5.74) is 6.91. The predicted molar refractivity (Wildman–Crippen MR) is 95.0 cm³/mol. The third-order valence-corrected chi connectivity index (χ3v) is 7.17. The Kier molecular flexibility index (Phi) is 4.07. The van der Waals surface area contributed by atoms with Crippen molar-refractivity contribution >= 4 is 15.8 Å². The molecule has 2 aliphatic rings. The average Bonchev–Trinajstić information content (AvgIpc) is 3.01. The SMILES string of the molecule is CCc1nnc(C2CC[C@H](NS(=O)(=O)C3CC3)C2)n1-c1cc[nH]c1N. The van der Waals surface area contributed by atoms with E-state index in [1.807, 2.05) is 17.6 Å². The Morgan fingerprint density at radius 3 is 2.76 bits per heavy atom. The van der Waals surface area contributed by atoms with Crippen LogP contribution >= 0.6 is 0 Å². The molecule has 0 amide bonds. The number of rotatable bonds is 6. The topological polar surface area (TPSA) is 119 Å². The molecule has 4 rings (SSSR count). The van der Waals surface area contributed by atoms with E-state index in [0.29, 0.717) is 5.82 Å². The van der Waals surface area contributed by atoms with Crippen LogP contribution in [0, 0.1) is 0 Å². The largest absolute Gasteiger partial charge is 0.384 e. The molecular weight excluding hydrogens is 340 g/mol. The Labute approximate surface area is 147 Å². The molecule has 2 aromatic heterocycles. The summed E-state index contributed by atoms with van der Waals surface area (Å²) >= 11 is 0. The van der Waals surface area contributed by atoms with Crippen molar-refractivity contribution in [2.24, 2.45) is 0 Å². The van der Waals surface area contributed by atoms with Gasteiger partial charge in [-0.05, 0) is 38.2 Å². The number of nitrogens with two attached hydrogens (primary N) is 1. The van der Waals surface area contributed by atoms with Gasteiger partial charge in [-0.2, -0.15) is 0 Å². The molecule has 136 valence electrons.